The number of hydrogen-bond donors (Lipinski definition) is 0. The van der Waals surface area contributed by atoms with Crippen LogP contribution in [-0.4, -0.2) is 42.9 Å². The lowest BCUT2D eigenvalue weighted by molar-refractivity contribution is -0.160. The predicted molar refractivity (Wildman–Crippen MR) is 82.8 cm³/mol. The smallest absolute Gasteiger partial charge is 0.320 e. The minimum atomic E-state index is -1.17. The first kappa shape index (κ1) is 17.4. The molecule has 7 nitrogen and oxygen atoms in total. The topological polar surface area (TPSA) is 90.0 Å². The van der Waals surface area contributed by atoms with Crippen LogP contribution in [0.5, 0.6) is 0 Å². The number of rotatable bonds is 5. The molecule has 7 heteroatoms. The van der Waals surface area contributed by atoms with Gasteiger partial charge in [-0.25, -0.2) is 4.90 Å². The Hall–Kier alpha value is -2.96. The molecule has 0 saturated heterocycles. The van der Waals surface area contributed by atoms with Gasteiger partial charge >= 0.3 is 11.9 Å². The van der Waals surface area contributed by atoms with Crippen LogP contribution >= 0.6 is 0 Å². The summed E-state index contributed by atoms with van der Waals surface area (Å²) >= 11 is 0. The lowest BCUT2D eigenvalue weighted by Crippen LogP contribution is -2.32. The highest BCUT2D eigenvalue weighted by Gasteiger charge is 2.36. The van der Waals surface area contributed by atoms with Gasteiger partial charge in [0.1, 0.15) is 0 Å². The van der Waals surface area contributed by atoms with Gasteiger partial charge in [-0.1, -0.05) is 25.1 Å². The van der Waals surface area contributed by atoms with E-state index in [1.54, 1.807) is 31.2 Å². The third-order valence-electron chi connectivity index (χ3n) is 3.80. The van der Waals surface area contributed by atoms with Crippen molar-refractivity contribution >= 4 is 23.8 Å². The minimum absolute atomic E-state index is 0.317. The van der Waals surface area contributed by atoms with Gasteiger partial charge in [0.2, 0.25) is 0 Å². The molecule has 1 aliphatic rings. The maximum absolute atomic E-state index is 12.2. The van der Waals surface area contributed by atoms with Gasteiger partial charge in [-0.3, -0.25) is 19.2 Å². The van der Waals surface area contributed by atoms with Crippen molar-refractivity contribution in [2.45, 2.75) is 6.92 Å². The standard InChI is InChI=1S/C17H17NO6/c1-10(13(16(21)23-2)17(22)24-3)8-9-18-14(19)11-6-4-5-7-12(11)15(18)20/h4-10,13H,1-3H3/b9-8+. The van der Waals surface area contributed by atoms with E-state index in [0.717, 1.165) is 4.90 Å². The molecule has 0 spiro atoms. The van der Waals surface area contributed by atoms with Gasteiger partial charge in [-0.05, 0) is 18.1 Å². The van der Waals surface area contributed by atoms with Gasteiger partial charge in [0.15, 0.2) is 5.92 Å². The fourth-order valence-corrected chi connectivity index (χ4v) is 2.46. The summed E-state index contributed by atoms with van der Waals surface area (Å²) in [5, 5.41) is 0. The minimum Gasteiger partial charge on any atom is -0.468 e. The number of esters is 2. The maximum atomic E-state index is 12.2. The van der Waals surface area contributed by atoms with Crippen molar-refractivity contribution < 1.29 is 28.7 Å². The number of fused-ring (bicyclic) bond motifs is 1. The van der Waals surface area contributed by atoms with Crippen LogP contribution in [0.1, 0.15) is 27.6 Å². The van der Waals surface area contributed by atoms with E-state index in [1.807, 2.05) is 0 Å². The van der Waals surface area contributed by atoms with Crippen LogP contribution in [0.4, 0.5) is 0 Å². The number of imide groups is 1. The van der Waals surface area contributed by atoms with Gasteiger partial charge in [0.25, 0.3) is 11.8 Å². The van der Waals surface area contributed by atoms with Crippen molar-refractivity contribution in [3.63, 3.8) is 0 Å². The molecule has 1 unspecified atom stereocenters. The number of amides is 2. The molecule has 2 amide bonds. The second-order valence-electron chi connectivity index (χ2n) is 5.25. The number of benzene rings is 1. The molecule has 1 aliphatic heterocycles. The van der Waals surface area contributed by atoms with Crippen LogP contribution in [0.15, 0.2) is 36.5 Å². The fourth-order valence-electron chi connectivity index (χ4n) is 2.46. The van der Waals surface area contributed by atoms with Crippen LogP contribution in [0, 0.1) is 11.8 Å². The van der Waals surface area contributed by atoms with Crippen molar-refractivity contribution in [1.29, 1.82) is 0 Å². The first-order valence-electron chi connectivity index (χ1n) is 7.23. The maximum Gasteiger partial charge on any atom is 0.320 e. The summed E-state index contributed by atoms with van der Waals surface area (Å²) in [6, 6.07) is 6.48. The van der Waals surface area contributed by atoms with Crippen LogP contribution in [0.25, 0.3) is 0 Å². The number of methoxy groups -OCH3 is 2. The highest BCUT2D eigenvalue weighted by molar-refractivity contribution is 6.22. The van der Waals surface area contributed by atoms with E-state index in [2.05, 4.69) is 9.47 Å². The van der Waals surface area contributed by atoms with Crippen LogP contribution in [0.3, 0.4) is 0 Å². The molecule has 0 fully saturated rings. The Morgan fingerprint density at radius 1 is 1.00 bits per heavy atom. The molecule has 0 aliphatic carbocycles. The predicted octanol–water partition coefficient (Wildman–Crippen LogP) is 1.39. The number of carbonyl (C=O) groups excluding carboxylic acids is 4. The van der Waals surface area contributed by atoms with E-state index >= 15 is 0 Å². The molecule has 1 aromatic carbocycles. The van der Waals surface area contributed by atoms with Gasteiger partial charge < -0.3 is 9.47 Å². The third-order valence-corrected chi connectivity index (χ3v) is 3.80. The molecule has 0 radical (unpaired) electrons. The summed E-state index contributed by atoms with van der Waals surface area (Å²) < 4.78 is 9.20. The van der Waals surface area contributed by atoms with Crippen molar-refractivity contribution in [2.24, 2.45) is 11.8 Å². The molecule has 0 N–H and O–H groups in total. The normalized spacial score (nSPS) is 14.9. The van der Waals surface area contributed by atoms with Crippen LogP contribution in [0.2, 0.25) is 0 Å². The number of ether oxygens (including phenoxy) is 2. The first-order valence-corrected chi connectivity index (χ1v) is 7.23. The zero-order valence-corrected chi connectivity index (χ0v) is 13.5. The zero-order chi connectivity index (χ0) is 17.9. The Bertz CT molecular complexity index is 673. The Labute approximate surface area is 138 Å². The monoisotopic (exact) mass is 331 g/mol. The number of hydrogen-bond acceptors (Lipinski definition) is 6. The van der Waals surface area contributed by atoms with Gasteiger partial charge in [-0.15, -0.1) is 0 Å². The molecule has 126 valence electrons. The number of nitrogens with zero attached hydrogens (tertiary/aromatic N) is 1. The summed E-state index contributed by atoms with van der Waals surface area (Å²) in [7, 11) is 2.33. The van der Waals surface area contributed by atoms with Crippen LogP contribution in [-0.2, 0) is 19.1 Å². The Balaban J connectivity index is 2.21. The molecular weight excluding hydrogens is 314 g/mol. The highest BCUT2D eigenvalue weighted by Crippen LogP contribution is 2.24. The molecule has 0 saturated carbocycles. The van der Waals surface area contributed by atoms with Gasteiger partial charge in [0, 0.05) is 6.20 Å². The summed E-state index contributed by atoms with van der Waals surface area (Å²) in [4.78, 5) is 48.9. The molecule has 24 heavy (non-hydrogen) atoms. The largest absolute Gasteiger partial charge is 0.468 e. The van der Waals surface area contributed by atoms with E-state index < -0.39 is 35.6 Å². The molecule has 1 heterocycles. The Kier molecular flexibility index (Phi) is 5.13. The van der Waals surface area contributed by atoms with Crippen molar-refractivity contribution in [3.8, 4) is 0 Å². The van der Waals surface area contributed by atoms with E-state index in [9.17, 15) is 19.2 Å². The third kappa shape index (κ3) is 3.05. The van der Waals surface area contributed by atoms with Gasteiger partial charge in [-0.2, -0.15) is 0 Å². The van der Waals surface area contributed by atoms with E-state index in [1.165, 1.54) is 26.5 Å². The van der Waals surface area contributed by atoms with E-state index in [-0.39, 0.29) is 0 Å². The fraction of sp³-hybridized carbons (Fsp3) is 0.294. The SMILES string of the molecule is COC(=O)C(C(=O)OC)C(C)/C=C/N1C(=O)c2ccccc2C1=O. The molecule has 0 bridgehead atoms. The average molecular weight is 331 g/mol. The lowest BCUT2D eigenvalue weighted by Gasteiger charge is -2.17. The number of carbonyl (C=O) groups is 4. The average Bonchev–Trinajstić information content (AvgIpc) is 2.84. The second kappa shape index (κ2) is 7.08. The Morgan fingerprint density at radius 3 is 1.88 bits per heavy atom. The number of allylic oxidation sites excluding steroid dienone is 1. The van der Waals surface area contributed by atoms with Crippen molar-refractivity contribution in [2.75, 3.05) is 14.2 Å². The summed E-state index contributed by atoms with van der Waals surface area (Å²) in [5.41, 5.74) is 0.634. The summed E-state index contributed by atoms with van der Waals surface area (Å²) in [6.45, 7) is 1.59. The molecular formula is C17H17NO6. The lowest BCUT2D eigenvalue weighted by atomic mass is 9.94. The van der Waals surface area contributed by atoms with E-state index in [0.29, 0.717) is 11.1 Å². The van der Waals surface area contributed by atoms with Crippen LogP contribution < -0.4 is 0 Å². The van der Waals surface area contributed by atoms with E-state index in [4.69, 9.17) is 0 Å². The summed E-state index contributed by atoms with van der Waals surface area (Å²) in [5.74, 6) is -4.21. The van der Waals surface area contributed by atoms with Crippen molar-refractivity contribution in [3.05, 3.63) is 47.7 Å². The molecule has 1 aromatic rings. The Morgan fingerprint density at radius 2 is 1.46 bits per heavy atom. The zero-order valence-electron chi connectivity index (χ0n) is 13.5. The highest BCUT2D eigenvalue weighted by atomic mass is 16.5. The quantitative estimate of drug-likeness (QED) is 0.460. The van der Waals surface area contributed by atoms with Gasteiger partial charge in [0.05, 0.1) is 25.3 Å². The van der Waals surface area contributed by atoms with Crippen molar-refractivity contribution in [1.82, 2.24) is 4.90 Å². The second-order valence-corrected chi connectivity index (χ2v) is 5.25. The molecule has 1 atom stereocenters. The molecule has 0 aromatic heterocycles. The summed E-state index contributed by atoms with van der Waals surface area (Å²) in [6.07, 6.45) is 2.70. The molecule has 2 rings (SSSR count). The first-order chi connectivity index (χ1) is 11.4.